The number of carbonyl (C=O) groups is 2. The van der Waals surface area contributed by atoms with E-state index in [0.29, 0.717) is 0 Å². The topological polar surface area (TPSA) is 66.4 Å². The lowest BCUT2D eigenvalue weighted by atomic mass is 10.2. The van der Waals surface area contributed by atoms with Crippen molar-refractivity contribution in [2.75, 3.05) is 12.3 Å². The van der Waals surface area contributed by atoms with E-state index >= 15 is 0 Å². The van der Waals surface area contributed by atoms with Gasteiger partial charge in [-0.05, 0) is 25.5 Å². The van der Waals surface area contributed by atoms with E-state index in [1.54, 1.807) is 6.92 Å². The molecule has 0 aliphatic heterocycles. The van der Waals surface area contributed by atoms with Gasteiger partial charge in [-0.15, -0.1) is 11.8 Å². The zero-order valence-electron chi connectivity index (χ0n) is 9.99. The summed E-state index contributed by atoms with van der Waals surface area (Å²) < 4.78 is 0. The molecule has 0 aromatic carbocycles. The van der Waals surface area contributed by atoms with Gasteiger partial charge in [0.15, 0.2) is 0 Å². The molecule has 1 amide bonds. The van der Waals surface area contributed by atoms with E-state index < -0.39 is 5.97 Å². The number of aliphatic carboxylic acids is 1. The minimum Gasteiger partial charge on any atom is -0.480 e. The molecule has 0 aromatic rings. The fourth-order valence-electron chi connectivity index (χ4n) is 1.18. The van der Waals surface area contributed by atoms with Crippen molar-refractivity contribution in [2.45, 2.75) is 44.8 Å². The Kier molecular flexibility index (Phi) is 9.09. The van der Waals surface area contributed by atoms with Crippen LogP contribution in [0.3, 0.4) is 0 Å². The number of rotatable bonds is 9. The summed E-state index contributed by atoms with van der Waals surface area (Å²) in [4.78, 5) is 21.1. The average Bonchev–Trinajstić information content (AvgIpc) is 2.21. The van der Waals surface area contributed by atoms with Crippen molar-refractivity contribution >= 4 is 23.6 Å². The first-order chi connectivity index (χ1) is 7.54. The third-order valence-electron chi connectivity index (χ3n) is 2.16. The van der Waals surface area contributed by atoms with Crippen molar-refractivity contribution in [3.8, 4) is 0 Å². The van der Waals surface area contributed by atoms with Gasteiger partial charge in [-0.3, -0.25) is 9.59 Å². The molecular weight excluding hydrogens is 226 g/mol. The molecule has 0 rings (SSSR count). The molecule has 1 unspecified atom stereocenters. The third kappa shape index (κ3) is 9.83. The van der Waals surface area contributed by atoms with Crippen LogP contribution in [0, 0.1) is 0 Å². The maximum Gasteiger partial charge on any atom is 0.316 e. The Bertz CT molecular complexity index is 221. The Morgan fingerprint density at radius 2 is 1.88 bits per heavy atom. The first-order valence-electron chi connectivity index (χ1n) is 5.63. The lowest BCUT2D eigenvalue weighted by molar-refractivity contribution is -0.136. The Labute approximate surface area is 101 Å². The number of amides is 1. The number of hydrogen-bond donors (Lipinski definition) is 2. The Balaban J connectivity index is 3.15. The van der Waals surface area contributed by atoms with Gasteiger partial charge in [-0.1, -0.05) is 12.8 Å². The van der Waals surface area contributed by atoms with Gasteiger partial charge < -0.3 is 10.4 Å². The summed E-state index contributed by atoms with van der Waals surface area (Å²) in [5.41, 5.74) is 0. The van der Waals surface area contributed by atoms with E-state index in [0.717, 1.165) is 38.0 Å². The lowest BCUT2D eigenvalue weighted by Gasteiger charge is -2.05. The standard InChI is InChI=1S/C11H21NO3S/c1-9(11(14)15)16-8-6-4-3-5-7-12-10(2)13/h9H,3-8H2,1-2H3,(H,12,13)(H,14,15). The predicted molar refractivity (Wildman–Crippen MR) is 66.7 cm³/mol. The van der Waals surface area contributed by atoms with Gasteiger partial charge in [0.05, 0.1) is 5.25 Å². The molecule has 16 heavy (non-hydrogen) atoms. The van der Waals surface area contributed by atoms with Crippen LogP contribution < -0.4 is 5.32 Å². The highest BCUT2D eigenvalue weighted by molar-refractivity contribution is 8.00. The highest BCUT2D eigenvalue weighted by atomic mass is 32.2. The van der Waals surface area contributed by atoms with E-state index in [9.17, 15) is 9.59 Å². The predicted octanol–water partition coefficient (Wildman–Crippen LogP) is 1.89. The fraction of sp³-hybridized carbons (Fsp3) is 0.818. The van der Waals surface area contributed by atoms with Gasteiger partial charge in [0.1, 0.15) is 0 Å². The van der Waals surface area contributed by atoms with Crippen LogP contribution in [-0.2, 0) is 9.59 Å². The van der Waals surface area contributed by atoms with Crippen LogP contribution in [0.15, 0.2) is 0 Å². The SMILES string of the molecule is CC(=O)NCCCCCCSC(C)C(=O)O. The molecule has 4 nitrogen and oxygen atoms in total. The number of carboxylic acids is 1. The van der Waals surface area contributed by atoms with Gasteiger partial charge in [0, 0.05) is 13.5 Å². The summed E-state index contributed by atoms with van der Waals surface area (Å²) in [5.74, 6) is 0.176. The number of thioether (sulfide) groups is 1. The van der Waals surface area contributed by atoms with Crippen LogP contribution >= 0.6 is 11.8 Å². The van der Waals surface area contributed by atoms with E-state index in [1.165, 1.54) is 18.7 Å². The first kappa shape index (κ1) is 15.3. The summed E-state index contributed by atoms with van der Waals surface area (Å²) in [7, 11) is 0. The lowest BCUT2D eigenvalue weighted by Crippen LogP contribution is -2.20. The van der Waals surface area contributed by atoms with Crippen molar-refractivity contribution in [1.29, 1.82) is 0 Å². The Morgan fingerprint density at radius 3 is 2.44 bits per heavy atom. The van der Waals surface area contributed by atoms with Crippen LogP contribution in [0.1, 0.15) is 39.5 Å². The van der Waals surface area contributed by atoms with Crippen molar-refractivity contribution < 1.29 is 14.7 Å². The molecular formula is C11H21NO3S. The highest BCUT2D eigenvalue weighted by Gasteiger charge is 2.09. The van der Waals surface area contributed by atoms with Crippen LogP contribution in [0.25, 0.3) is 0 Å². The second-order valence-electron chi connectivity index (χ2n) is 3.75. The maximum absolute atomic E-state index is 10.5. The highest BCUT2D eigenvalue weighted by Crippen LogP contribution is 2.13. The molecule has 0 saturated carbocycles. The van der Waals surface area contributed by atoms with Crippen molar-refractivity contribution in [1.82, 2.24) is 5.32 Å². The van der Waals surface area contributed by atoms with E-state index in [1.807, 2.05) is 0 Å². The minimum atomic E-state index is -0.740. The molecule has 94 valence electrons. The molecule has 0 radical (unpaired) electrons. The smallest absolute Gasteiger partial charge is 0.316 e. The molecule has 5 heteroatoms. The van der Waals surface area contributed by atoms with Gasteiger partial charge in [-0.25, -0.2) is 0 Å². The maximum atomic E-state index is 10.5. The average molecular weight is 247 g/mol. The molecule has 0 aliphatic rings. The molecule has 0 aromatic heterocycles. The first-order valence-corrected chi connectivity index (χ1v) is 6.67. The molecule has 0 fully saturated rings. The Hall–Kier alpha value is -0.710. The van der Waals surface area contributed by atoms with Crippen molar-refractivity contribution in [3.63, 3.8) is 0 Å². The molecule has 0 aliphatic carbocycles. The van der Waals surface area contributed by atoms with Crippen LogP contribution in [0.5, 0.6) is 0 Å². The van der Waals surface area contributed by atoms with E-state index in [4.69, 9.17) is 5.11 Å². The van der Waals surface area contributed by atoms with Gasteiger partial charge in [0.25, 0.3) is 0 Å². The normalized spacial score (nSPS) is 12.1. The third-order valence-corrected chi connectivity index (χ3v) is 3.39. The molecule has 0 bridgehead atoms. The molecule has 0 heterocycles. The second kappa shape index (κ2) is 9.51. The van der Waals surface area contributed by atoms with Crippen molar-refractivity contribution in [3.05, 3.63) is 0 Å². The number of nitrogens with one attached hydrogen (secondary N) is 1. The van der Waals surface area contributed by atoms with Crippen LogP contribution in [0.2, 0.25) is 0 Å². The molecule has 1 atom stereocenters. The quantitative estimate of drug-likeness (QED) is 0.611. The van der Waals surface area contributed by atoms with Gasteiger partial charge in [-0.2, -0.15) is 0 Å². The number of hydrogen-bond acceptors (Lipinski definition) is 3. The summed E-state index contributed by atoms with van der Waals surface area (Å²) in [5, 5.41) is 11.1. The second-order valence-corrected chi connectivity index (χ2v) is 5.20. The Morgan fingerprint density at radius 1 is 1.25 bits per heavy atom. The van der Waals surface area contributed by atoms with Crippen molar-refractivity contribution in [2.24, 2.45) is 0 Å². The van der Waals surface area contributed by atoms with E-state index in [-0.39, 0.29) is 11.2 Å². The number of carboxylic acid groups (broad SMARTS) is 1. The summed E-state index contributed by atoms with van der Waals surface area (Å²) in [6.45, 7) is 3.97. The minimum absolute atomic E-state index is 0.0193. The molecule has 0 spiro atoms. The molecule has 2 N–H and O–H groups in total. The number of carbonyl (C=O) groups excluding carboxylic acids is 1. The monoisotopic (exact) mass is 247 g/mol. The summed E-state index contributed by atoms with van der Waals surface area (Å²) in [6, 6.07) is 0. The summed E-state index contributed by atoms with van der Waals surface area (Å²) in [6.07, 6.45) is 4.22. The summed E-state index contributed by atoms with van der Waals surface area (Å²) >= 11 is 1.48. The largest absolute Gasteiger partial charge is 0.480 e. The van der Waals surface area contributed by atoms with Gasteiger partial charge in [0.2, 0.25) is 5.91 Å². The zero-order valence-corrected chi connectivity index (χ0v) is 10.8. The fourth-order valence-corrected chi connectivity index (χ4v) is 2.04. The van der Waals surface area contributed by atoms with Gasteiger partial charge >= 0.3 is 5.97 Å². The van der Waals surface area contributed by atoms with Crippen LogP contribution in [0.4, 0.5) is 0 Å². The zero-order chi connectivity index (χ0) is 12.4. The number of unbranched alkanes of at least 4 members (excludes halogenated alkanes) is 3. The van der Waals surface area contributed by atoms with E-state index in [2.05, 4.69) is 5.32 Å². The molecule has 0 saturated heterocycles. The van der Waals surface area contributed by atoms with Crippen LogP contribution in [-0.4, -0.2) is 34.5 Å².